The van der Waals surface area contributed by atoms with Crippen LogP contribution in [0.1, 0.15) is 18.1 Å². The predicted molar refractivity (Wildman–Crippen MR) is 92.1 cm³/mol. The van der Waals surface area contributed by atoms with Crippen LogP contribution in [0, 0.1) is 0 Å². The molecule has 22 heavy (non-hydrogen) atoms. The molecule has 3 aromatic carbocycles. The van der Waals surface area contributed by atoms with Gasteiger partial charge in [-0.25, -0.2) is 0 Å². The van der Waals surface area contributed by atoms with E-state index in [9.17, 15) is 0 Å². The molecule has 0 aliphatic carbocycles. The molecule has 0 bridgehead atoms. The number of hydrogen-bond donors (Lipinski definition) is 1. The number of hydrogen-bond acceptors (Lipinski definition) is 2. The molecular weight excluding hydrogens is 270 g/mol. The molecule has 0 saturated carbocycles. The van der Waals surface area contributed by atoms with Crippen LogP contribution in [0.25, 0.3) is 10.8 Å². The average molecular weight is 291 g/mol. The highest BCUT2D eigenvalue weighted by Gasteiger charge is 2.11. The second kappa shape index (κ2) is 6.63. The van der Waals surface area contributed by atoms with Crippen LogP contribution in [0.4, 0.5) is 0 Å². The highest BCUT2D eigenvalue weighted by atomic mass is 16.5. The van der Waals surface area contributed by atoms with Crippen molar-refractivity contribution in [2.75, 3.05) is 0 Å². The van der Waals surface area contributed by atoms with E-state index in [-0.39, 0.29) is 6.04 Å². The van der Waals surface area contributed by atoms with Gasteiger partial charge in [0.2, 0.25) is 0 Å². The van der Waals surface area contributed by atoms with Gasteiger partial charge in [0.15, 0.2) is 0 Å². The molecule has 0 saturated heterocycles. The Morgan fingerprint density at radius 3 is 2.41 bits per heavy atom. The molecule has 0 aliphatic heterocycles. The largest absolute Gasteiger partial charge is 0.489 e. The first kappa shape index (κ1) is 14.6. The summed E-state index contributed by atoms with van der Waals surface area (Å²) < 4.78 is 6.08. The molecule has 3 rings (SSSR count). The van der Waals surface area contributed by atoms with Gasteiger partial charge in [0, 0.05) is 11.6 Å². The summed E-state index contributed by atoms with van der Waals surface area (Å²) >= 11 is 0. The lowest BCUT2D eigenvalue weighted by Gasteiger charge is -2.16. The normalized spacial score (nSPS) is 12.3. The summed E-state index contributed by atoms with van der Waals surface area (Å²) in [5.74, 6) is 0.930. The first-order valence-corrected chi connectivity index (χ1v) is 7.67. The molecule has 0 aliphatic rings. The first-order chi connectivity index (χ1) is 10.7. The molecular formula is C20H21NO. The average Bonchev–Trinajstić information content (AvgIpc) is 2.54. The van der Waals surface area contributed by atoms with Crippen molar-refractivity contribution in [1.82, 2.24) is 0 Å². The Kier molecular flexibility index (Phi) is 4.40. The van der Waals surface area contributed by atoms with Crippen LogP contribution in [0.3, 0.4) is 0 Å². The lowest BCUT2D eigenvalue weighted by molar-refractivity contribution is 0.303. The standard InChI is InChI=1S/C20H21NO/c1-15(21)13-19-18-10-6-5-9-17(18)11-12-20(19)22-14-16-7-3-2-4-8-16/h2-12,15H,13-14,21H2,1H3. The summed E-state index contributed by atoms with van der Waals surface area (Å²) in [5.41, 5.74) is 8.40. The third kappa shape index (κ3) is 3.29. The minimum atomic E-state index is 0.102. The molecule has 2 heteroatoms. The van der Waals surface area contributed by atoms with E-state index in [0.29, 0.717) is 6.61 Å². The fourth-order valence-corrected chi connectivity index (χ4v) is 2.72. The Morgan fingerprint density at radius 1 is 0.909 bits per heavy atom. The Morgan fingerprint density at radius 2 is 1.64 bits per heavy atom. The number of fused-ring (bicyclic) bond motifs is 1. The zero-order chi connectivity index (χ0) is 15.4. The molecule has 0 fully saturated rings. The van der Waals surface area contributed by atoms with Crippen molar-refractivity contribution >= 4 is 10.8 Å². The highest BCUT2D eigenvalue weighted by Crippen LogP contribution is 2.29. The summed E-state index contributed by atoms with van der Waals surface area (Å²) in [6, 6.07) is 22.9. The zero-order valence-corrected chi connectivity index (χ0v) is 12.8. The lowest BCUT2D eigenvalue weighted by Crippen LogP contribution is -2.18. The van der Waals surface area contributed by atoms with E-state index in [1.807, 2.05) is 25.1 Å². The van der Waals surface area contributed by atoms with E-state index in [0.717, 1.165) is 12.2 Å². The number of benzene rings is 3. The molecule has 1 unspecified atom stereocenters. The molecule has 0 spiro atoms. The van der Waals surface area contributed by atoms with E-state index < -0.39 is 0 Å². The predicted octanol–water partition coefficient (Wildman–Crippen LogP) is 4.31. The van der Waals surface area contributed by atoms with Crippen molar-refractivity contribution < 1.29 is 4.74 Å². The van der Waals surface area contributed by atoms with Gasteiger partial charge in [0.1, 0.15) is 12.4 Å². The topological polar surface area (TPSA) is 35.2 Å². The summed E-state index contributed by atoms with van der Waals surface area (Å²) in [6.45, 7) is 2.61. The molecule has 0 aromatic heterocycles. The van der Waals surface area contributed by atoms with Crippen LogP contribution in [-0.4, -0.2) is 6.04 Å². The maximum absolute atomic E-state index is 6.08. The smallest absolute Gasteiger partial charge is 0.123 e. The molecule has 0 amide bonds. The highest BCUT2D eigenvalue weighted by molar-refractivity contribution is 5.87. The fraction of sp³-hybridized carbons (Fsp3) is 0.200. The molecule has 0 heterocycles. The number of rotatable bonds is 5. The van der Waals surface area contributed by atoms with Gasteiger partial charge < -0.3 is 10.5 Å². The number of ether oxygens (including phenoxy) is 1. The molecule has 3 aromatic rings. The van der Waals surface area contributed by atoms with Crippen molar-refractivity contribution in [1.29, 1.82) is 0 Å². The van der Waals surface area contributed by atoms with Crippen LogP contribution in [0.15, 0.2) is 66.7 Å². The third-order valence-electron chi connectivity index (χ3n) is 3.76. The second-order valence-corrected chi connectivity index (χ2v) is 5.72. The van der Waals surface area contributed by atoms with Gasteiger partial charge in [0.05, 0.1) is 0 Å². The molecule has 0 radical (unpaired) electrons. The maximum atomic E-state index is 6.08. The van der Waals surface area contributed by atoms with Gasteiger partial charge >= 0.3 is 0 Å². The van der Waals surface area contributed by atoms with E-state index in [1.54, 1.807) is 0 Å². The van der Waals surface area contributed by atoms with Gasteiger partial charge in [-0.3, -0.25) is 0 Å². The fourth-order valence-electron chi connectivity index (χ4n) is 2.72. The Labute approximate surface area is 131 Å². The number of nitrogens with two attached hydrogens (primary N) is 1. The minimum Gasteiger partial charge on any atom is -0.489 e. The SMILES string of the molecule is CC(N)Cc1c(OCc2ccccc2)ccc2ccccc12. The van der Waals surface area contributed by atoms with Crippen molar-refractivity contribution in [2.24, 2.45) is 5.73 Å². The summed E-state index contributed by atoms with van der Waals surface area (Å²) in [4.78, 5) is 0. The minimum absolute atomic E-state index is 0.102. The van der Waals surface area contributed by atoms with E-state index in [4.69, 9.17) is 10.5 Å². The third-order valence-corrected chi connectivity index (χ3v) is 3.76. The lowest BCUT2D eigenvalue weighted by atomic mass is 9.98. The first-order valence-electron chi connectivity index (χ1n) is 7.67. The molecule has 1 atom stereocenters. The van der Waals surface area contributed by atoms with E-state index >= 15 is 0 Å². The van der Waals surface area contributed by atoms with Crippen LogP contribution < -0.4 is 10.5 Å². The maximum Gasteiger partial charge on any atom is 0.123 e. The van der Waals surface area contributed by atoms with Crippen molar-refractivity contribution in [2.45, 2.75) is 26.0 Å². The Bertz CT molecular complexity index is 750. The summed E-state index contributed by atoms with van der Waals surface area (Å²) in [5, 5.41) is 2.45. The van der Waals surface area contributed by atoms with Crippen molar-refractivity contribution in [3.63, 3.8) is 0 Å². The van der Waals surface area contributed by atoms with E-state index in [1.165, 1.54) is 21.9 Å². The Hall–Kier alpha value is -2.32. The van der Waals surface area contributed by atoms with Crippen LogP contribution >= 0.6 is 0 Å². The molecule has 112 valence electrons. The zero-order valence-electron chi connectivity index (χ0n) is 12.8. The summed E-state index contributed by atoms with van der Waals surface area (Å²) in [7, 11) is 0. The van der Waals surface area contributed by atoms with E-state index in [2.05, 4.69) is 48.5 Å². The molecule has 2 N–H and O–H groups in total. The van der Waals surface area contributed by atoms with Crippen LogP contribution in [-0.2, 0) is 13.0 Å². The van der Waals surface area contributed by atoms with Gasteiger partial charge in [-0.15, -0.1) is 0 Å². The quantitative estimate of drug-likeness (QED) is 0.760. The summed E-state index contributed by atoms with van der Waals surface area (Å²) in [6.07, 6.45) is 0.811. The van der Waals surface area contributed by atoms with Crippen LogP contribution in [0.5, 0.6) is 5.75 Å². The van der Waals surface area contributed by atoms with Crippen molar-refractivity contribution in [3.8, 4) is 5.75 Å². The van der Waals surface area contributed by atoms with Crippen LogP contribution in [0.2, 0.25) is 0 Å². The monoisotopic (exact) mass is 291 g/mol. The Balaban J connectivity index is 1.94. The molecule has 2 nitrogen and oxygen atoms in total. The van der Waals surface area contributed by atoms with Gasteiger partial charge in [-0.05, 0) is 35.7 Å². The van der Waals surface area contributed by atoms with Gasteiger partial charge in [-0.1, -0.05) is 60.7 Å². The van der Waals surface area contributed by atoms with Gasteiger partial charge in [-0.2, -0.15) is 0 Å². The van der Waals surface area contributed by atoms with Crippen molar-refractivity contribution in [3.05, 3.63) is 77.9 Å². The second-order valence-electron chi connectivity index (χ2n) is 5.72. The van der Waals surface area contributed by atoms with Gasteiger partial charge in [0.25, 0.3) is 0 Å².